The van der Waals surface area contributed by atoms with Crippen LogP contribution in [-0.2, 0) is 6.18 Å². The number of nitrogens with one attached hydrogen (secondary N) is 2. The van der Waals surface area contributed by atoms with E-state index in [1.54, 1.807) is 13.0 Å². The second kappa shape index (κ2) is 9.33. The minimum absolute atomic E-state index is 0.223. The number of piperidine rings is 1. The first-order valence-electron chi connectivity index (χ1n) is 11.5. The number of nitrogens with two attached hydrogens (primary N) is 1. The number of alkyl halides is 3. The van der Waals surface area contributed by atoms with Crippen molar-refractivity contribution in [3.05, 3.63) is 47.6 Å². The second-order valence-electron chi connectivity index (χ2n) is 9.42. The van der Waals surface area contributed by atoms with E-state index < -0.39 is 11.7 Å². The molecule has 0 radical (unpaired) electrons. The Kier molecular flexibility index (Phi) is 6.59. The summed E-state index contributed by atoms with van der Waals surface area (Å²) in [5.74, 6) is 0.446. The second-order valence-corrected chi connectivity index (χ2v) is 9.42. The lowest BCUT2D eigenvalue weighted by molar-refractivity contribution is -0.137. The number of aromatic nitrogens is 4. The fourth-order valence-electron chi connectivity index (χ4n) is 4.39. The van der Waals surface area contributed by atoms with Crippen LogP contribution in [0, 0.1) is 13.8 Å². The summed E-state index contributed by atoms with van der Waals surface area (Å²) in [6.07, 6.45) is 1.70. The van der Waals surface area contributed by atoms with Crippen LogP contribution in [0.2, 0.25) is 0 Å². The molecule has 0 aliphatic carbocycles. The van der Waals surface area contributed by atoms with E-state index in [0.29, 0.717) is 34.0 Å². The quantitative estimate of drug-likeness (QED) is 0.319. The number of rotatable bonds is 2. The third-order valence-electron chi connectivity index (χ3n) is 6.20. The SMILES string of the molecule is CC1(C)CCCCN1.Cc1noc(C)c1-c1ccc2c(-c3nc(N)ncc3C(F)(F)F)c[nH]c2c1. The van der Waals surface area contributed by atoms with Crippen LogP contribution < -0.4 is 11.1 Å². The van der Waals surface area contributed by atoms with Gasteiger partial charge in [0.1, 0.15) is 11.3 Å². The number of hydrogen-bond donors (Lipinski definition) is 3. The van der Waals surface area contributed by atoms with Crippen molar-refractivity contribution in [1.29, 1.82) is 0 Å². The minimum Gasteiger partial charge on any atom is -0.368 e. The molecule has 0 amide bonds. The van der Waals surface area contributed by atoms with Gasteiger partial charge in [-0.25, -0.2) is 9.97 Å². The van der Waals surface area contributed by atoms with E-state index in [1.165, 1.54) is 32.0 Å². The van der Waals surface area contributed by atoms with Gasteiger partial charge in [-0.1, -0.05) is 23.7 Å². The molecule has 10 heteroatoms. The van der Waals surface area contributed by atoms with E-state index in [2.05, 4.69) is 39.3 Å². The predicted molar refractivity (Wildman–Crippen MR) is 130 cm³/mol. The lowest BCUT2D eigenvalue weighted by Crippen LogP contribution is -2.42. The Morgan fingerprint density at radius 2 is 1.91 bits per heavy atom. The molecule has 4 N–H and O–H groups in total. The van der Waals surface area contributed by atoms with Crippen molar-refractivity contribution in [2.45, 2.75) is 58.7 Å². The number of nitrogens with zero attached hydrogens (tertiary/aromatic N) is 3. The van der Waals surface area contributed by atoms with Crippen molar-refractivity contribution in [1.82, 2.24) is 25.4 Å². The van der Waals surface area contributed by atoms with Crippen molar-refractivity contribution in [3.8, 4) is 22.4 Å². The summed E-state index contributed by atoms with van der Waals surface area (Å²) < 4.78 is 45.3. The number of benzene rings is 1. The standard InChI is InChI=1S/C18H14F3N5O.C7H15N/c1-8-15(9(2)27-26-8)10-3-4-11-12(6-23-14(11)5-10)16-13(18(19,20)21)7-24-17(22)25-16;1-7(2)5-3-4-6-8-7/h3-7,23H,1-2H3,(H2,22,24,25);8H,3-6H2,1-2H3. The van der Waals surface area contributed by atoms with Gasteiger partial charge in [0.2, 0.25) is 5.95 Å². The fraction of sp³-hybridized carbons (Fsp3) is 0.400. The molecule has 0 atom stereocenters. The van der Waals surface area contributed by atoms with Crippen LogP contribution in [0.4, 0.5) is 19.1 Å². The van der Waals surface area contributed by atoms with Crippen molar-refractivity contribution in [3.63, 3.8) is 0 Å². The molecule has 1 aliphatic heterocycles. The summed E-state index contributed by atoms with van der Waals surface area (Å²) in [7, 11) is 0. The molecule has 0 spiro atoms. The summed E-state index contributed by atoms with van der Waals surface area (Å²) in [6, 6.07) is 5.38. The van der Waals surface area contributed by atoms with Crippen LogP contribution in [0.1, 0.15) is 50.1 Å². The van der Waals surface area contributed by atoms with Crippen LogP contribution in [0.15, 0.2) is 35.1 Å². The van der Waals surface area contributed by atoms with Crippen LogP contribution in [0.5, 0.6) is 0 Å². The van der Waals surface area contributed by atoms with Gasteiger partial charge < -0.3 is 20.6 Å². The highest BCUT2D eigenvalue weighted by molar-refractivity contribution is 5.97. The van der Waals surface area contributed by atoms with Gasteiger partial charge in [-0.3, -0.25) is 0 Å². The smallest absolute Gasteiger partial charge is 0.368 e. The lowest BCUT2D eigenvalue weighted by Gasteiger charge is -2.30. The largest absolute Gasteiger partial charge is 0.419 e. The number of nitrogen functional groups attached to an aromatic ring is 1. The van der Waals surface area contributed by atoms with Crippen molar-refractivity contribution < 1.29 is 17.7 Å². The van der Waals surface area contributed by atoms with Gasteiger partial charge in [-0.2, -0.15) is 13.2 Å². The summed E-state index contributed by atoms with van der Waals surface area (Å²) in [5.41, 5.74) is 8.17. The molecule has 0 unspecified atom stereocenters. The molecule has 1 aromatic carbocycles. The highest BCUT2D eigenvalue weighted by Gasteiger charge is 2.36. The molecule has 7 nitrogen and oxygen atoms in total. The predicted octanol–water partition coefficient (Wildman–Crippen LogP) is 6.04. The highest BCUT2D eigenvalue weighted by atomic mass is 19.4. The Labute approximate surface area is 201 Å². The lowest BCUT2D eigenvalue weighted by atomic mass is 9.93. The van der Waals surface area contributed by atoms with Gasteiger partial charge in [-0.15, -0.1) is 0 Å². The molecule has 0 bridgehead atoms. The van der Waals surface area contributed by atoms with Crippen LogP contribution in [0.3, 0.4) is 0 Å². The zero-order valence-electron chi connectivity index (χ0n) is 20.2. The van der Waals surface area contributed by atoms with E-state index in [0.717, 1.165) is 16.8 Å². The number of aryl methyl sites for hydroxylation is 2. The fourth-order valence-corrected chi connectivity index (χ4v) is 4.39. The van der Waals surface area contributed by atoms with Gasteiger partial charge in [-0.05, 0) is 58.7 Å². The van der Waals surface area contributed by atoms with Gasteiger partial charge in [0.25, 0.3) is 0 Å². The van der Waals surface area contributed by atoms with Gasteiger partial charge in [0, 0.05) is 40.0 Å². The Hall–Kier alpha value is -3.40. The average Bonchev–Trinajstić information content (AvgIpc) is 3.35. The van der Waals surface area contributed by atoms with Gasteiger partial charge >= 0.3 is 6.18 Å². The Morgan fingerprint density at radius 3 is 2.49 bits per heavy atom. The summed E-state index contributed by atoms with van der Waals surface area (Å²) >= 11 is 0. The van der Waals surface area contributed by atoms with Crippen LogP contribution >= 0.6 is 0 Å². The number of H-pyrrole nitrogens is 1. The number of aromatic amines is 1. The zero-order valence-corrected chi connectivity index (χ0v) is 20.2. The first kappa shape index (κ1) is 24.7. The molecule has 0 saturated carbocycles. The molecule has 4 heterocycles. The minimum atomic E-state index is -4.59. The maximum absolute atomic E-state index is 13.4. The zero-order chi connectivity index (χ0) is 25.4. The maximum Gasteiger partial charge on any atom is 0.419 e. The molecule has 4 aromatic rings. The number of anilines is 1. The van der Waals surface area contributed by atoms with E-state index in [-0.39, 0.29) is 11.6 Å². The molecule has 35 heavy (non-hydrogen) atoms. The number of halogens is 3. The Bertz CT molecular complexity index is 1310. The third kappa shape index (κ3) is 5.32. The molecule has 1 fully saturated rings. The molecular weight excluding hydrogens is 457 g/mol. The average molecular weight is 487 g/mol. The number of fused-ring (bicyclic) bond motifs is 1. The van der Waals surface area contributed by atoms with E-state index in [9.17, 15) is 13.2 Å². The molecule has 3 aromatic heterocycles. The number of hydrogen-bond acceptors (Lipinski definition) is 6. The van der Waals surface area contributed by atoms with Crippen molar-refractivity contribution in [2.24, 2.45) is 0 Å². The monoisotopic (exact) mass is 486 g/mol. The van der Waals surface area contributed by atoms with Crippen molar-refractivity contribution >= 4 is 16.9 Å². The summed E-state index contributed by atoms with van der Waals surface area (Å²) in [4.78, 5) is 10.3. The Morgan fingerprint density at radius 1 is 1.14 bits per heavy atom. The molecule has 5 rings (SSSR count). The van der Waals surface area contributed by atoms with E-state index in [1.807, 2.05) is 19.1 Å². The first-order valence-corrected chi connectivity index (χ1v) is 11.5. The van der Waals surface area contributed by atoms with Crippen LogP contribution in [-0.4, -0.2) is 32.2 Å². The van der Waals surface area contributed by atoms with E-state index in [4.69, 9.17) is 10.3 Å². The third-order valence-corrected chi connectivity index (χ3v) is 6.20. The molecule has 1 saturated heterocycles. The first-order chi connectivity index (χ1) is 16.5. The topological polar surface area (TPSA) is 106 Å². The summed E-state index contributed by atoms with van der Waals surface area (Å²) in [6.45, 7) is 9.39. The van der Waals surface area contributed by atoms with Gasteiger partial charge in [0.05, 0.1) is 11.4 Å². The molecular formula is C25H29F3N6O. The normalized spacial score (nSPS) is 15.6. The maximum atomic E-state index is 13.4. The van der Waals surface area contributed by atoms with Gasteiger partial charge in [0.15, 0.2) is 0 Å². The van der Waals surface area contributed by atoms with Crippen LogP contribution in [0.25, 0.3) is 33.3 Å². The summed E-state index contributed by atoms with van der Waals surface area (Å²) in [5, 5.41) is 7.98. The van der Waals surface area contributed by atoms with E-state index >= 15 is 0 Å². The molecule has 186 valence electrons. The van der Waals surface area contributed by atoms with Crippen molar-refractivity contribution in [2.75, 3.05) is 12.3 Å². The Balaban J connectivity index is 0.000000308. The molecule has 1 aliphatic rings. The highest BCUT2D eigenvalue weighted by Crippen LogP contribution is 2.39.